The van der Waals surface area contributed by atoms with Gasteiger partial charge in [-0.15, -0.1) is 0 Å². The first-order chi connectivity index (χ1) is 11.7. The van der Waals surface area contributed by atoms with Crippen LogP contribution in [0.15, 0.2) is 48.9 Å². The highest BCUT2D eigenvalue weighted by Gasteiger charge is 2.16. The average molecular weight is 321 g/mol. The number of halogens is 1. The van der Waals surface area contributed by atoms with Crippen LogP contribution in [0.25, 0.3) is 28.3 Å². The van der Waals surface area contributed by atoms with E-state index in [1.807, 2.05) is 28.1 Å². The molecule has 120 valence electrons. The fourth-order valence-electron chi connectivity index (χ4n) is 2.82. The zero-order valence-corrected chi connectivity index (χ0v) is 13.4. The maximum Gasteiger partial charge on any atom is 0.153 e. The quantitative estimate of drug-likeness (QED) is 0.578. The van der Waals surface area contributed by atoms with Crippen molar-refractivity contribution in [2.75, 3.05) is 0 Å². The third-order valence-corrected chi connectivity index (χ3v) is 4.07. The molecule has 0 aliphatic rings. The molecule has 0 N–H and O–H groups in total. The molecule has 0 atom stereocenters. The van der Waals surface area contributed by atoms with Crippen LogP contribution in [0, 0.1) is 12.7 Å². The first-order valence-corrected chi connectivity index (χ1v) is 7.80. The monoisotopic (exact) mass is 321 g/mol. The molecule has 0 aliphatic heterocycles. The van der Waals surface area contributed by atoms with Crippen molar-refractivity contribution in [2.45, 2.75) is 20.4 Å². The number of benzene rings is 1. The Hall–Kier alpha value is -3.02. The van der Waals surface area contributed by atoms with Crippen LogP contribution in [0.3, 0.4) is 0 Å². The van der Waals surface area contributed by atoms with Gasteiger partial charge in [-0.3, -0.25) is 0 Å². The van der Waals surface area contributed by atoms with E-state index in [0.717, 1.165) is 40.5 Å². The molecule has 6 heteroatoms. The van der Waals surface area contributed by atoms with E-state index in [2.05, 4.69) is 16.9 Å². The molecule has 24 heavy (non-hydrogen) atoms. The minimum atomic E-state index is -0.260. The van der Waals surface area contributed by atoms with Gasteiger partial charge >= 0.3 is 0 Å². The highest BCUT2D eigenvalue weighted by atomic mass is 19.1. The molecule has 3 aromatic heterocycles. The highest BCUT2D eigenvalue weighted by molar-refractivity contribution is 5.77. The van der Waals surface area contributed by atoms with Crippen LogP contribution in [0.5, 0.6) is 0 Å². The number of nitrogens with zero attached hydrogens (tertiary/aromatic N) is 5. The van der Waals surface area contributed by atoms with E-state index in [-0.39, 0.29) is 5.82 Å². The lowest BCUT2D eigenvalue weighted by Crippen LogP contribution is -2.02. The topological polar surface area (TPSA) is 48.0 Å². The Morgan fingerprint density at radius 1 is 1.04 bits per heavy atom. The Bertz CT molecular complexity index is 1010. The molecular weight excluding hydrogens is 305 g/mol. The van der Waals surface area contributed by atoms with Gasteiger partial charge in [-0.25, -0.2) is 18.9 Å². The molecule has 0 unspecified atom stereocenters. The van der Waals surface area contributed by atoms with Gasteiger partial charge in [0.2, 0.25) is 0 Å². The summed E-state index contributed by atoms with van der Waals surface area (Å²) >= 11 is 0. The van der Waals surface area contributed by atoms with Gasteiger partial charge in [0.25, 0.3) is 0 Å². The molecule has 0 saturated carbocycles. The number of rotatable bonds is 3. The predicted octanol–water partition coefficient (Wildman–Crippen LogP) is 3.73. The number of imidazole rings is 2. The Balaban J connectivity index is 1.93. The lowest BCUT2D eigenvalue weighted by atomic mass is 10.1. The van der Waals surface area contributed by atoms with E-state index in [9.17, 15) is 4.39 Å². The maximum atomic E-state index is 13.2. The van der Waals surface area contributed by atoms with Crippen molar-refractivity contribution in [1.29, 1.82) is 0 Å². The van der Waals surface area contributed by atoms with Gasteiger partial charge in [0.05, 0.1) is 29.6 Å². The van der Waals surface area contributed by atoms with Crippen LogP contribution in [0.2, 0.25) is 0 Å². The second-order valence-electron chi connectivity index (χ2n) is 5.62. The highest BCUT2D eigenvalue weighted by Crippen LogP contribution is 2.30. The normalized spacial score (nSPS) is 11.3. The summed E-state index contributed by atoms with van der Waals surface area (Å²) in [4.78, 5) is 8.84. The SMILES string of the molecule is CCn1cnc(-c2ccc(F)cc2)c1-c1ccc2ncc(C)n2n1. The number of hydrogen-bond donors (Lipinski definition) is 0. The van der Waals surface area contributed by atoms with Crippen molar-refractivity contribution in [3.05, 3.63) is 60.4 Å². The Morgan fingerprint density at radius 3 is 2.58 bits per heavy atom. The first kappa shape index (κ1) is 14.6. The van der Waals surface area contributed by atoms with E-state index in [0.29, 0.717) is 0 Å². The van der Waals surface area contributed by atoms with Gasteiger partial charge in [-0.1, -0.05) is 0 Å². The summed E-state index contributed by atoms with van der Waals surface area (Å²) in [5, 5.41) is 4.71. The molecule has 0 amide bonds. The van der Waals surface area contributed by atoms with Crippen LogP contribution < -0.4 is 0 Å². The Kier molecular flexibility index (Phi) is 3.37. The van der Waals surface area contributed by atoms with E-state index in [4.69, 9.17) is 5.10 Å². The summed E-state index contributed by atoms with van der Waals surface area (Å²) in [6, 6.07) is 10.3. The van der Waals surface area contributed by atoms with Crippen LogP contribution in [-0.4, -0.2) is 24.1 Å². The summed E-state index contributed by atoms with van der Waals surface area (Å²) in [5.74, 6) is -0.260. The molecule has 4 rings (SSSR count). The minimum Gasteiger partial charge on any atom is -0.329 e. The zero-order chi connectivity index (χ0) is 16.7. The van der Waals surface area contributed by atoms with Crippen LogP contribution in [-0.2, 0) is 6.54 Å². The third kappa shape index (κ3) is 2.27. The van der Waals surface area contributed by atoms with Crippen molar-refractivity contribution < 1.29 is 4.39 Å². The second-order valence-corrected chi connectivity index (χ2v) is 5.62. The second kappa shape index (κ2) is 5.56. The molecule has 0 radical (unpaired) electrons. The van der Waals surface area contributed by atoms with Gasteiger partial charge in [-0.05, 0) is 50.2 Å². The van der Waals surface area contributed by atoms with E-state index >= 15 is 0 Å². The summed E-state index contributed by atoms with van der Waals surface area (Å²) < 4.78 is 17.1. The molecule has 3 heterocycles. The molecular formula is C18H16FN5. The molecule has 0 spiro atoms. The van der Waals surface area contributed by atoms with Crippen LogP contribution in [0.4, 0.5) is 4.39 Å². The number of aryl methyl sites for hydroxylation is 2. The Labute approximate surface area is 138 Å². The number of hydrogen-bond acceptors (Lipinski definition) is 3. The molecule has 0 saturated heterocycles. The summed E-state index contributed by atoms with van der Waals surface area (Å²) in [6.45, 7) is 4.79. The third-order valence-electron chi connectivity index (χ3n) is 4.07. The summed E-state index contributed by atoms with van der Waals surface area (Å²) in [5.41, 5.74) is 5.16. The molecule has 0 aliphatic carbocycles. The summed E-state index contributed by atoms with van der Waals surface area (Å²) in [6.07, 6.45) is 3.59. The van der Waals surface area contributed by atoms with Crippen molar-refractivity contribution >= 4 is 5.65 Å². The van der Waals surface area contributed by atoms with Gasteiger partial charge in [0, 0.05) is 12.1 Å². The van der Waals surface area contributed by atoms with E-state index in [1.165, 1.54) is 12.1 Å². The zero-order valence-electron chi connectivity index (χ0n) is 13.4. The van der Waals surface area contributed by atoms with Gasteiger partial charge in [0.15, 0.2) is 5.65 Å². The number of aromatic nitrogens is 5. The molecule has 0 fully saturated rings. The van der Waals surface area contributed by atoms with Crippen molar-refractivity contribution in [3.8, 4) is 22.6 Å². The minimum absolute atomic E-state index is 0.260. The largest absolute Gasteiger partial charge is 0.329 e. The lowest BCUT2D eigenvalue weighted by molar-refractivity contribution is 0.628. The predicted molar refractivity (Wildman–Crippen MR) is 90.0 cm³/mol. The van der Waals surface area contributed by atoms with Gasteiger partial charge in [-0.2, -0.15) is 5.10 Å². The summed E-state index contributed by atoms with van der Waals surface area (Å²) in [7, 11) is 0. The molecule has 1 aromatic carbocycles. The Morgan fingerprint density at radius 2 is 1.83 bits per heavy atom. The molecule has 5 nitrogen and oxygen atoms in total. The van der Waals surface area contributed by atoms with E-state index < -0.39 is 0 Å². The van der Waals surface area contributed by atoms with Crippen LogP contribution in [0.1, 0.15) is 12.6 Å². The average Bonchev–Trinajstić information content (AvgIpc) is 3.19. The smallest absolute Gasteiger partial charge is 0.153 e. The van der Waals surface area contributed by atoms with Gasteiger partial charge in [0.1, 0.15) is 11.5 Å². The maximum absolute atomic E-state index is 13.2. The lowest BCUT2D eigenvalue weighted by Gasteiger charge is -2.09. The standard InChI is InChI=1S/C18H16FN5/c1-3-23-11-21-17(13-4-6-14(19)7-5-13)18(23)15-8-9-16-20-10-12(2)24(16)22-15/h4-11H,3H2,1-2H3. The molecule has 0 bridgehead atoms. The van der Waals surface area contributed by atoms with Crippen molar-refractivity contribution in [3.63, 3.8) is 0 Å². The van der Waals surface area contributed by atoms with Gasteiger partial charge < -0.3 is 4.57 Å². The van der Waals surface area contributed by atoms with E-state index in [1.54, 1.807) is 24.7 Å². The van der Waals surface area contributed by atoms with Crippen molar-refractivity contribution in [2.24, 2.45) is 0 Å². The fraction of sp³-hybridized carbons (Fsp3) is 0.167. The van der Waals surface area contributed by atoms with Crippen molar-refractivity contribution in [1.82, 2.24) is 24.1 Å². The first-order valence-electron chi connectivity index (χ1n) is 7.80. The fourth-order valence-corrected chi connectivity index (χ4v) is 2.82. The van der Waals surface area contributed by atoms with Crippen LogP contribution >= 0.6 is 0 Å². The molecule has 4 aromatic rings. The number of fused-ring (bicyclic) bond motifs is 1.